The summed E-state index contributed by atoms with van der Waals surface area (Å²) in [5.74, 6) is -0.994. The maximum atomic E-state index is 11.7. The van der Waals surface area contributed by atoms with Crippen molar-refractivity contribution >= 4 is 50.1 Å². The number of hydrogen-bond donors (Lipinski definition) is 3. The molecule has 0 aliphatic heterocycles. The number of hydrogen-bond acceptors (Lipinski definition) is 4. The Kier molecular flexibility index (Phi) is 4.35. The lowest BCUT2D eigenvalue weighted by molar-refractivity contribution is 0.0696. The smallest absolute Gasteiger partial charge is 0.335 e. The number of carbonyl (C=O) groups excluding carboxylic acids is 1. The number of aromatic nitrogens is 1. The Hall–Kier alpha value is -1.93. The van der Waals surface area contributed by atoms with Crippen LogP contribution in [0.1, 0.15) is 15.9 Å². The Morgan fingerprint density at radius 1 is 1.35 bits per heavy atom. The molecule has 1 aromatic carbocycles. The van der Waals surface area contributed by atoms with Gasteiger partial charge in [0.2, 0.25) is 0 Å². The third-order valence-corrected chi connectivity index (χ3v) is 3.80. The standard InChI is InChI=1S/C12H10BrN3O3S/c1-6-4-7(2-3-8(6)10(17)18)15-11(19)16-12-14-5-9(13)20-12/h2-5H,1H3,(H,17,18)(H2,14,15,16,19). The number of amides is 2. The van der Waals surface area contributed by atoms with E-state index in [1.807, 2.05) is 0 Å². The summed E-state index contributed by atoms with van der Waals surface area (Å²) in [5.41, 5.74) is 1.30. The van der Waals surface area contributed by atoms with E-state index < -0.39 is 12.0 Å². The van der Waals surface area contributed by atoms with Gasteiger partial charge in [0.05, 0.1) is 15.5 Å². The average Bonchev–Trinajstić information content (AvgIpc) is 2.74. The van der Waals surface area contributed by atoms with Crippen LogP contribution in [0.4, 0.5) is 15.6 Å². The van der Waals surface area contributed by atoms with Gasteiger partial charge >= 0.3 is 12.0 Å². The molecular formula is C12H10BrN3O3S. The van der Waals surface area contributed by atoms with Crippen LogP contribution in [-0.2, 0) is 0 Å². The normalized spacial score (nSPS) is 10.1. The summed E-state index contributed by atoms with van der Waals surface area (Å²) in [4.78, 5) is 26.6. The van der Waals surface area contributed by atoms with Gasteiger partial charge in [-0.25, -0.2) is 14.6 Å². The van der Waals surface area contributed by atoms with Crippen molar-refractivity contribution in [2.75, 3.05) is 10.6 Å². The van der Waals surface area contributed by atoms with E-state index in [1.54, 1.807) is 19.2 Å². The number of nitrogens with one attached hydrogen (secondary N) is 2. The number of urea groups is 1. The second-order valence-electron chi connectivity index (χ2n) is 3.88. The van der Waals surface area contributed by atoms with E-state index in [0.29, 0.717) is 16.4 Å². The number of anilines is 2. The molecule has 104 valence electrons. The second-order valence-corrected chi connectivity index (χ2v) is 6.29. The number of carboxylic acids is 1. The van der Waals surface area contributed by atoms with Crippen LogP contribution in [0.5, 0.6) is 0 Å². The summed E-state index contributed by atoms with van der Waals surface area (Å²) in [6.07, 6.45) is 1.59. The molecule has 2 rings (SSSR count). The van der Waals surface area contributed by atoms with Gasteiger partial charge in [0, 0.05) is 5.69 Å². The van der Waals surface area contributed by atoms with Gasteiger partial charge < -0.3 is 10.4 Å². The van der Waals surface area contributed by atoms with Crippen molar-refractivity contribution < 1.29 is 14.7 Å². The van der Waals surface area contributed by atoms with Crippen LogP contribution in [0, 0.1) is 6.92 Å². The Morgan fingerprint density at radius 2 is 2.10 bits per heavy atom. The van der Waals surface area contributed by atoms with E-state index in [-0.39, 0.29) is 5.56 Å². The zero-order valence-electron chi connectivity index (χ0n) is 10.3. The largest absolute Gasteiger partial charge is 0.478 e. The van der Waals surface area contributed by atoms with Crippen molar-refractivity contribution in [1.29, 1.82) is 0 Å². The number of aryl methyl sites for hydroxylation is 1. The summed E-state index contributed by atoms with van der Waals surface area (Å²) in [6.45, 7) is 1.67. The maximum absolute atomic E-state index is 11.7. The van der Waals surface area contributed by atoms with Gasteiger partial charge in [-0.1, -0.05) is 11.3 Å². The fraction of sp³-hybridized carbons (Fsp3) is 0.0833. The summed E-state index contributed by atoms with van der Waals surface area (Å²) < 4.78 is 0.814. The molecule has 20 heavy (non-hydrogen) atoms. The Morgan fingerprint density at radius 3 is 2.65 bits per heavy atom. The lowest BCUT2D eigenvalue weighted by atomic mass is 10.1. The van der Waals surface area contributed by atoms with Crippen molar-refractivity contribution in [2.45, 2.75) is 6.92 Å². The predicted octanol–water partition coefficient (Wildman–Crippen LogP) is 3.56. The molecule has 0 spiro atoms. The van der Waals surface area contributed by atoms with Crippen LogP contribution in [0.25, 0.3) is 0 Å². The molecule has 8 heteroatoms. The average molecular weight is 356 g/mol. The fourth-order valence-corrected chi connectivity index (χ4v) is 2.65. The summed E-state index contributed by atoms with van der Waals surface area (Å²) in [7, 11) is 0. The van der Waals surface area contributed by atoms with E-state index in [9.17, 15) is 9.59 Å². The molecule has 0 unspecified atom stereocenters. The SMILES string of the molecule is Cc1cc(NC(=O)Nc2ncc(Br)s2)ccc1C(=O)O. The van der Waals surface area contributed by atoms with Crippen molar-refractivity contribution in [3.63, 3.8) is 0 Å². The molecule has 2 aromatic rings. The first kappa shape index (κ1) is 14.5. The summed E-state index contributed by atoms with van der Waals surface area (Å²) >= 11 is 4.54. The number of rotatable bonds is 3. The minimum absolute atomic E-state index is 0.208. The van der Waals surface area contributed by atoms with E-state index in [0.717, 1.165) is 3.79 Å². The Labute approximate surface area is 127 Å². The van der Waals surface area contributed by atoms with Crippen molar-refractivity contribution in [1.82, 2.24) is 4.98 Å². The van der Waals surface area contributed by atoms with Gasteiger partial charge in [-0.2, -0.15) is 0 Å². The molecular weight excluding hydrogens is 346 g/mol. The molecule has 0 aliphatic rings. The van der Waals surface area contributed by atoms with Crippen LogP contribution in [-0.4, -0.2) is 22.1 Å². The van der Waals surface area contributed by atoms with Gasteiger partial charge in [0.15, 0.2) is 5.13 Å². The molecule has 2 amide bonds. The molecule has 0 radical (unpaired) electrons. The number of benzene rings is 1. The summed E-state index contributed by atoms with van der Waals surface area (Å²) in [5, 5.41) is 14.6. The highest BCUT2D eigenvalue weighted by atomic mass is 79.9. The number of carbonyl (C=O) groups is 2. The molecule has 0 atom stereocenters. The zero-order chi connectivity index (χ0) is 14.7. The summed E-state index contributed by atoms with van der Waals surface area (Å²) in [6, 6.07) is 4.15. The monoisotopic (exact) mass is 355 g/mol. The third-order valence-electron chi connectivity index (χ3n) is 2.41. The number of nitrogens with zero attached hydrogens (tertiary/aromatic N) is 1. The van der Waals surface area contributed by atoms with Crippen LogP contribution in [0.15, 0.2) is 28.2 Å². The highest BCUT2D eigenvalue weighted by molar-refractivity contribution is 9.11. The lowest BCUT2D eigenvalue weighted by Gasteiger charge is -2.07. The molecule has 6 nitrogen and oxygen atoms in total. The molecule has 1 aromatic heterocycles. The third kappa shape index (κ3) is 3.55. The number of thiazole rings is 1. The van der Waals surface area contributed by atoms with Crippen molar-refractivity contribution in [3.05, 3.63) is 39.3 Å². The van der Waals surface area contributed by atoms with Crippen LogP contribution >= 0.6 is 27.3 Å². The zero-order valence-corrected chi connectivity index (χ0v) is 12.7. The topological polar surface area (TPSA) is 91.3 Å². The lowest BCUT2D eigenvalue weighted by Crippen LogP contribution is -2.19. The van der Waals surface area contributed by atoms with Gasteiger partial charge in [-0.15, -0.1) is 0 Å². The Bertz CT molecular complexity index is 672. The highest BCUT2D eigenvalue weighted by Crippen LogP contribution is 2.23. The highest BCUT2D eigenvalue weighted by Gasteiger charge is 2.09. The molecule has 0 bridgehead atoms. The quantitative estimate of drug-likeness (QED) is 0.784. The van der Waals surface area contributed by atoms with Gasteiger partial charge in [-0.05, 0) is 46.6 Å². The van der Waals surface area contributed by atoms with Gasteiger partial charge in [0.25, 0.3) is 0 Å². The molecule has 0 saturated carbocycles. The predicted molar refractivity (Wildman–Crippen MR) is 80.6 cm³/mol. The number of aromatic carboxylic acids is 1. The van der Waals surface area contributed by atoms with Crippen LogP contribution in [0.2, 0.25) is 0 Å². The van der Waals surface area contributed by atoms with Gasteiger partial charge in [0.1, 0.15) is 0 Å². The first-order valence-corrected chi connectivity index (χ1v) is 7.10. The van der Waals surface area contributed by atoms with Gasteiger partial charge in [-0.3, -0.25) is 5.32 Å². The van der Waals surface area contributed by atoms with Crippen LogP contribution in [0.3, 0.4) is 0 Å². The molecule has 3 N–H and O–H groups in total. The molecule has 0 fully saturated rings. The second kappa shape index (κ2) is 6.02. The maximum Gasteiger partial charge on any atom is 0.335 e. The van der Waals surface area contributed by atoms with E-state index in [1.165, 1.54) is 23.5 Å². The number of halogens is 1. The molecule has 0 saturated heterocycles. The minimum atomic E-state index is -0.994. The first-order valence-electron chi connectivity index (χ1n) is 5.49. The van der Waals surface area contributed by atoms with E-state index in [4.69, 9.17) is 5.11 Å². The van der Waals surface area contributed by atoms with Crippen LogP contribution < -0.4 is 10.6 Å². The fourth-order valence-electron chi connectivity index (χ4n) is 1.55. The Balaban J connectivity index is 2.04. The van der Waals surface area contributed by atoms with Crippen molar-refractivity contribution in [2.24, 2.45) is 0 Å². The number of carboxylic acid groups (broad SMARTS) is 1. The molecule has 1 heterocycles. The first-order chi connectivity index (χ1) is 9.45. The minimum Gasteiger partial charge on any atom is -0.478 e. The molecule has 0 aliphatic carbocycles. The van der Waals surface area contributed by atoms with Crippen molar-refractivity contribution in [3.8, 4) is 0 Å². The van der Waals surface area contributed by atoms with E-state index >= 15 is 0 Å². The van der Waals surface area contributed by atoms with E-state index in [2.05, 4.69) is 31.5 Å².